The molecule has 8 heteroatoms. The zero-order valence-electron chi connectivity index (χ0n) is 18.5. The second kappa shape index (κ2) is 8.64. The molecule has 1 saturated heterocycles. The van der Waals surface area contributed by atoms with E-state index in [0.29, 0.717) is 29.1 Å². The molecule has 1 amide bonds. The summed E-state index contributed by atoms with van der Waals surface area (Å²) < 4.78 is 11.4. The topological polar surface area (TPSA) is 58.8 Å². The number of carbonyl (C=O) groups is 1. The number of aromatic nitrogens is 1. The Kier molecular flexibility index (Phi) is 6.25. The molecule has 0 unspecified atom stereocenters. The highest BCUT2D eigenvalue weighted by Crippen LogP contribution is 2.46. The maximum Gasteiger partial charge on any atom is 0.410 e. The first-order chi connectivity index (χ1) is 14.6. The molecule has 1 aliphatic heterocycles. The minimum absolute atomic E-state index is 0.0418. The lowest BCUT2D eigenvalue weighted by Crippen LogP contribution is -2.54. The van der Waals surface area contributed by atoms with E-state index in [1.807, 2.05) is 43.9 Å². The minimum Gasteiger partial charge on any atom is -0.444 e. The van der Waals surface area contributed by atoms with Crippen molar-refractivity contribution < 1.29 is 14.1 Å². The summed E-state index contributed by atoms with van der Waals surface area (Å²) in [5, 5.41) is 5.51. The van der Waals surface area contributed by atoms with Crippen molar-refractivity contribution in [3.05, 3.63) is 39.6 Å². The molecule has 4 rings (SSSR count). The number of amides is 1. The smallest absolute Gasteiger partial charge is 0.410 e. The van der Waals surface area contributed by atoms with Crippen molar-refractivity contribution >= 4 is 29.3 Å². The van der Waals surface area contributed by atoms with Gasteiger partial charge in [-0.05, 0) is 52.7 Å². The normalized spacial score (nSPS) is 20.2. The Hall–Kier alpha value is -1.76. The van der Waals surface area contributed by atoms with Gasteiger partial charge in [-0.15, -0.1) is 0 Å². The molecule has 1 aromatic heterocycles. The van der Waals surface area contributed by atoms with E-state index in [2.05, 4.69) is 17.0 Å². The lowest BCUT2D eigenvalue weighted by atomic mass is 10.0. The average molecular weight is 466 g/mol. The Morgan fingerprint density at radius 3 is 2.48 bits per heavy atom. The first-order valence-corrected chi connectivity index (χ1v) is 11.5. The summed E-state index contributed by atoms with van der Waals surface area (Å²) >= 11 is 13.0. The van der Waals surface area contributed by atoms with Gasteiger partial charge in [0.2, 0.25) is 0 Å². The Bertz CT molecular complexity index is 945. The third-order valence-corrected chi connectivity index (χ3v) is 6.32. The van der Waals surface area contributed by atoms with Gasteiger partial charge in [-0.3, -0.25) is 4.90 Å². The van der Waals surface area contributed by atoms with Crippen molar-refractivity contribution in [3.8, 4) is 11.3 Å². The molecule has 2 fully saturated rings. The number of piperazine rings is 1. The molecule has 6 nitrogen and oxygen atoms in total. The van der Waals surface area contributed by atoms with Crippen LogP contribution in [0, 0.1) is 0 Å². The Morgan fingerprint density at radius 1 is 1.23 bits per heavy atom. The number of hydrogen-bond donors (Lipinski definition) is 0. The molecule has 2 aliphatic rings. The molecule has 2 aromatic rings. The largest absolute Gasteiger partial charge is 0.444 e. The SMILES string of the molecule is C[C@H]1CN(Cc2c(-c3c(Cl)cccc3Cl)noc2C2CC2)CCN1C(=O)OC(C)(C)C. The fourth-order valence-corrected chi connectivity index (χ4v) is 4.63. The minimum atomic E-state index is -0.501. The van der Waals surface area contributed by atoms with Gasteiger partial charge in [0.05, 0.1) is 10.0 Å². The average Bonchev–Trinajstić information content (AvgIpc) is 3.43. The molecule has 1 atom stereocenters. The van der Waals surface area contributed by atoms with Crippen LogP contribution in [0.15, 0.2) is 22.7 Å². The molecule has 168 valence electrons. The molecule has 0 bridgehead atoms. The second-order valence-electron chi connectivity index (χ2n) is 9.50. The first kappa shape index (κ1) is 22.4. The lowest BCUT2D eigenvalue weighted by molar-refractivity contribution is 0.000510. The summed E-state index contributed by atoms with van der Waals surface area (Å²) in [5.74, 6) is 1.35. The van der Waals surface area contributed by atoms with Gasteiger partial charge in [0, 0.05) is 49.3 Å². The van der Waals surface area contributed by atoms with Gasteiger partial charge in [0.1, 0.15) is 17.1 Å². The number of rotatable bonds is 4. The standard InChI is InChI=1S/C23H29Cl2N3O3/c1-14-12-27(10-11-28(14)22(29)30-23(2,3)4)13-16-20(26-31-21(16)15-8-9-15)19-17(24)6-5-7-18(19)25/h5-7,14-15H,8-13H2,1-4H3/t14-/m0/s1. The van der Waals surface area contributed by atoms with E-state index in [-0.39, 0.29) is 12.1 Å². The summed E-state index contributed by atoms with van der Waals surface area (Å²) in [7, 11) is 0. The third kappa shape index (κ3) is 5.02. The molecule has 1 aliphatic carbocycles. The molecule has 1 aromatic carbocycles. The summed E-state index contributed by atoms with van der Waals surface area (Å²) in [4.78, 5) is 16.7. The maximum absolute atomic E-state index is 12.5. The number of hydrogen-bond acceptors (Lipinski definition) is 5. The van der Waals surface area contributed by atoms with Crippen LogP contribution in [0.4, 0.5) is 4.79 Å². The Balaban J connectivity index is 1.54. The third-order valence-electron chi connectivity index (χ3n) is 5.69. The molecule has 1 saturated carbocycles. The maximum atomic E-state index is 12.5. The van der Waals surface area contributed by atoms with Crippen LogP contribution < -0.4 is 0 Å². The highest BCUT2D eigenvalue weighted by atomic mass is 35.5. The summed E-state index contributed by atoms with van der Waals surface area (Å²) in [6.07, 6.45) is 1.97. The Labute approximate surface area is 193 Å². The molecule has 0 spiro atoms. The highest BCUT2D eigenvalue weighted by molar-refractivity contribution is 6.39. The quantitative estimate of drug-likeness (QED) is 0.556. The fourth-order valence-electron chi connectivity index (χ4n) is 4.05. The van der Waals surface area contributed by atoms with Crippen molar-refractivity contribution in [1.82, 2.24) is 15.0 Å². The predicted molar refractivity (Wildman–Crippen MR) is 122 cm³/mol. The number of carbonyl (C=O) groups excluding carboxylic acids is 1. The van der Waals surface area contributed by atoms with E-state index in [1.165, 1.54) is 0 Å². The fraction of sp³-hybridized carbons (Fsp3) is 0.565. The first-order valence-electron chi connectivity index (χ1n) is 10.8. The van der Waals surface area contributed by atoms with E-state index in [9.17, 15) is 4.79 Å². The molecule has 2 heterocycles. The van der Waals surface area contributed by atoms with Gasteiger partial charge in [-0.1, -0.05) is 34.4 Å². The number of halogens is 2. The van der Waals surface area contributed by atoms with Crippen LogP contribution >= 0.6 is 23.2 Å². The molecule has 0 N–H and O–H groups in total. The Morgan fingerprint density at radius 2 is 1.90 bits per heavy atom. The van der Waals surface area contributed by atoms with Crippen molar-refractivity contribution in [1.29, 1.82) is 0 Å². The van der Waals surface area contributed by atoms with Crippen LogP contribution in [0.25, 0.3) is 11.3 Å². The van der Waals surface area contributed by atoms with Gasteiger partial charge in [0.15, 0.2) is 0 Å². The molecule has 31 heavy (non-hydrogen) atoms. The summed E-state index contributed by atoms with van der Waals surface area (Å²) in [5.41, 5.74) is 1.99. The zero-order chi connectivity index (χ0) is 22.3. The van der Waals surface area contributed by atoms with Gasteiger partial charge < -0.3 is 14.2 Å². The summed E-state index contributed by atoms with van der Waals surface area (Å²) in [6, 6.07) is 5.51. The van der Waals surface area contributed by atoms with Crippen LogP contribution in [0.1, 0.15) is 57.8 Å². The van der Waals surface area contributed by atoms with E-state index in [0.717, 1.165) is 48.5 Å². The number of ether oxygens (including phenoxy) is 1. The van der Waals surface area contributed by atoms with E-state index >= 15 is 0 Å². The molecular formula is C23H29Cl2N3O3. The van der Waals surface area contributed by atoms with E-state index < -0.39 is 5.60 Å². The van der Waals surface area contributed by atoms with Crippen molar-refractivity contribution in [2.24, 2.45) is 0 Å². The van der Waals surface area contributed by atoms with Gasteiger partial charge in [-0.2, -0.15) is 0 Å². The predicted octanol–water partition coefficient (Wildman–Crippen LogP) is 5.97. The van der Waals surface area contributed by atoms with Crippen molar-refractivity contribution in [3.63, 3.8) is 0 Å². The van der Waals surface area contributed by atoms with Crippen molar-refractivity contribution in [2.75, 3.05) is 19.6 Å². The van der Waals surface area contributed by atoms with Crippen LogP contribution in [-0.2, 0) is 11.3 Å². The van der Waals surface area contributed by atoms with Gasteiger partial charge in [0.25, 0.3) is 0 Å². The van der Waals surface area contributed by atoms with Crippen LogP contribution in [0.5, 0.6) is 0 Å². The number of benzene rings is 1. The zero-order valence-corrected chi connectivity index (χ0v) is 20.0. The monoisotopic (exact) mass is 465 g/mol. The molecule has 0 radical (unpaired) electrons. The van der Waals surface area contributed by atoms with Gasteiger partial charge in [-0.25, -0.2) is 4.79 Å². The van der Waals surface area contributed by atoms with Crippen LogP contribution in [0.2, 0.25) is 10.0 Å². The second-order valence-corrected chi connectivity index (χ2v) is 10.3. The van der Waals surface area contributed by atoms with E-state index in [1.54, 1.807) is 0 Å². The lowest BCUT2D eigenvalue weighted by Gasteiger charge is -2.40. The van der Waals surface area contributed by atoms with E-state index in [4.69, 9.17) is 32.5 Å². The highest BCUT2D eigenvalue weighted by Gasteiger charge is 2.36. The number of nitrogens with zero attached hydrogens (tertiary/aromatic N) is 3. The molecular weight excluding hydrogens is 437 g/mol. The van der Waals surface area contributed by atoms with Crippen molar-refractivity contribution in [2.45, 2.75) is 64.6 Å². The van der Waals surface area contributed by atoms with Crippen LogP contribution in [-0.4, -0.2) is 52.3 Å². The van der Waals surface area contributed by atoms with Gasteiger partial charge >= 0.3 is 6.09 Å². The van der Waals surface area contributed by atoms with Crippen LogP contribution in [0.3, 0.4) is 0 Å². The summed E-state index contributed by atoms with van der Waals surface area (Å²) in [6.45, 7) is 10.5.